The highest BCUT2D eigenvalue weighted by molar-refractivity contribution is 4.75. The van der Waals surface area contributed by atoms with Crippen LogP contribution in [0.5, 0.6) is 0 Å². The number of hydrogen-bond acceptors (Lipinski definition) is 0. The largest absolute Gasteiger partial charge is 0.0654 e. The quantitative estimate of drug-likeness (QED) is 0.261. The van der Waals surface area contributed by atoms with Crippen LogP contribution in [0.25, 0.3) is 0 Å². The predicted octanol–water partition coefficient (Wildman–Crippen LogP) is 8.93. The molecular formula is C24H48. The summed E-state index contributed by atoms with van der Waals surface area (Å²) in [6.07, 6.45) is 21.4. The Morgan fingerprint density at radius 2 is 1.46 bits per heavy atom. The Bertz CT molecular complexity index is 328. The minimum atomic E-state index is -0.282. The highest BCUT2D eigenvalue weighted by Gasteiger charge is 2.23. The van der Waals surface area contributed by atoms with E-state index in [0.717, 1.165) is 38.0 Å². The molecule has 0 heteroatoms. The van der Waals surface area contributed by atoms with Gasteiger partial charge in [0, 0.05) is 2.74 Å². The molecule has 0 spiro atoms. The zero-order valence-corrected chi connectivity index (χ0v) is 17.3. The van der Waals surface area contributed by atoms with Gasteiger partial charge in [-0.1, -0.05) is 136 Å². The Morgan fingerprint density at radius 1 is 0.833 bits per heavy atom. The fourth-order valence-electron chi connectivity index (χ4n) is 4.21. The highest BCUT2D eigenvalue weighted by Crippen LogP contribution is 2.36. The van der Waals surface area contributed by atoms with Crippen molar-refractivity contribution in [3.63, 3.8) is 0 Å². The number of unbranched alkanes of at least 4 members (excludes halogenated alkanes) is 9. The molecule has 0 aliphatic heterocycles. The van der Waals surface area contributed by atoms with Gasteiger partial charge in [-0.05, 0) is 17.7 Å². The van der Waals surface area contributed by atoms with Crippen molar-refractivity contribution in [1.29, 1.82) is 0 Å². The van der Waals surface area contributed by atoms with E-state index in [9.17, 15) is 0 Å². The fourth-order valence-corrected chi connectivity index (χ4v) is 4.21. The second kappa shape index (κ2) is 15.3. The van der Waals surface area contributed by atoms with Crippen LogP contribution in [0, 0.1) is 17.7 Å². The van der Waals surface area contributed by atoms with Crippen molar-refractivity contribution in [2.45, 2.75) is 136 Å². The van der Waals surface area contributed by atoms with Crippen molar-refractivity contribution in [3.05, 3.63) is 0 Å². The number of hydrogen-bond donors (Lipinski definition) is 0. The van der Waals surface area contributed by atoms with E-state index >= 15 is 0 Å². The predicted molar refractivity (Wildman–Crippen MR) is 111 cm³/mol. The summed E-state index contributed by atoms with van der Waals surface area (Å²) >= 11 is 0. The molecule has 0 aromatic carbocycles. The van der Waals surface area contributed by atoms with Gasteiger partial charge in [0.1, 0.15) is 0 Å². The Balaban J connectivity index is 2.20. The summed E-state index contributed by atoms with van der Waals surface area (Å²) in [5.41, 5.74) is 0. The monoisotopic (exact) mass is 338 g/mol. The van der Waals surface area contributed by atoms with Crippen LogP contribution in [0.4, 0.5) is 0 Å². The minimum Gasteiger partial charge on any atom is -0.0654 e. The molecule has 0 aromatic heterocycles. The van der Waals surface area contributed by atoms with E-state index in [-0.39, 0.29) is 12.3 Å². The molecule has 0 aromatic rings. The van der Waals surface area contributed by atoms with Gasteiger partial charge in [0.05, 0.1) is 0 Å². The SMILES string of the molecule is [2H]C1CCCC([2H])(CCCCCC)C1CCCCCCCCCC(C)C. The van der Waals surface area contributed by atoms with E-state index in [4.69, 9.17) is 2.74 Å². The van der Waals surface area contributed by atoms with Gasteiger partial charge < -0.3 is 0 Å². The van der Waals surface area contributed by atoms with E-state index in [2.05, 4.69) is 20.8 Å². The van der Waals surface area contributed by atoms with Crippen LogP contribution in [0.1, 0.15) is 139 Å². The molecule has 0 saturated heterocycles. The summed E-state index contributed by atoms with van der Waals surface area (Å²) < 4.78 is 17.6. The van der Waals surface area contributed by atoms with Gasteiger partial charge >= 0.3 is 0 Å². The average Bonchev–Trinajstić information content (AvgIpc) is 2.59. The first-order valence-corrected chi connectivity index (χ1v) is 11.4. The van der Waals surface area contributed by atoms with Crippen LogP contribution < -0.4 is 0 Å². The summed E-state index contributed by atoms with van der Waals surface area (Å²) in [6, 6.07) is 0. The van der Waals surface area contributed by atoms with Gasteiger partial charge in [0.2, 0.25) is 0 Å². The maximum Gasteiger partial charge on any atom is 0.0306 e. The lowest BCUT2D eigenvalue weighted by atomic mass is 9.74. The Hall–Kier alpha value is 0. The third-order valence-corrected chi connectivity index (χ3v) is 5.83. The maximum atomic E-state index is 9.05. The highest BCUT2D eigenvalue weighted by atomic mass is 14.3. The Morgan fingerprint density at radius 3 is 2.17 bits per heavy atom. The van der Waals surface area contributed by atoms with Crippen LogP contribution in [0.15, 0.2) is 0 Å². The van der Waals surface area contributed by atoms with E-state index < -0.39 is 0 Å². The van der Waals surface area contributed by atoms with Gasteiger partial charge in [-0.2, -0.15) is 0 Å². The van der Waals surface area contributed by atoms with E-state index in [0.29, 0.717) is 5.92 Å². The lowest BCUT2D eigenvalue weighted by molar-refractivity contribution is 0.202. The standard InChI is InChI=1S/C24H48/c1-4-5-6-13-18-23-20-15-16-21-24(23)19-14-11-9-7-8-10-12-17-22(2)3/h22-24H,4-21H2,1-3H3/i21D,23D. The zero-order chi connectivity index (χ0) is 19.3. The second-order valence-electron chi connectivity index (χ2n) is 8.65. The first-order chi connectivity index (χ1) is 12.5. The van der Waals surface area contributed by atoms with Crippen molar-refractivity contribution >= 4 is 0 Å². The Labute approximate surface area is 157 Å². The molecule has 3 unspecified atom stereocenters. The van der Waals surface area contributed by atoms with E-state index in [1.165, 1.54) is 77.0 Å². The van der Waals surface area contributed by atoms with Crippen molar-refractivity contribution in [2.75, 3.05) is 0 Å². The zero-order valence-electron chi connectivity index (χ0n) is 19.3. The molecule has 0 radical (unpaired) electrons. The molecule has 0 N–H and O–H groups in total. The molecule has 1 rings (SSSR count). The van der Waals surface area contributed by atoms with Crippen molar-refractivity contribution < 1.29 is 2.74 Å². The maximum absolute atomic E-state index is 9.05. The number of rotatable bonds is 15. The van der Waals surface area contributed by atoms with E-state index in [1.54, 1.807) is 0 Å². The minimum absolute atomic E-state index is 0.0310. The molecule has 0 heterocycles. The summed E-state index contributed by atoms with van der Waals surface area (Å²) in [7, 11) is 0. The first-order valence-electron chi connectivity index (χ1n) is 12.5. The smallest absolute Gasteiger partial charge is 0.0306 e. The third-order valence-electron chi connectivity index (χ3n) is 5.83. The molecule has 1 aliphatic rings. The van der Waals surface area contributed by atoms with Gasteiger partial charge in [-0.15, -0.1) is 0 Å². The molecule has 0 nitrogen and oxygen atoms in total. The fraction of sp³-hybridized carbons (Fsp3) is 1.00. The molecule has 1 saturated carbocycles. The van der Waals surface area contributed by atoms with Crippen LogP contribution in [-0.4, -0.2) is 0 Å². The molecule has 0 bridgehead atoms. The first kappa shape index (κ1) is 18.8. The Kier molecular flexibility index (Phi) is 11.9. The lowest BCUT2D eigenvalue weighted by Gasteiger charge is -2.32. The second-order valence-corrected chi connectivity index (χ2v) is 8.65. The van der Waals surface area contributed by atoms with E-state index in [1.807, 2.05) is 0 Å². The van der Waals surface area contributed by atoms with Crippen LogP contribution >= 0.6 is 0 Å². The summed E-state index contributed by atoms with van der Waals surface area (Å²) in [5.74, 6) is 0.911. The van der Waals surface area contributed by atoms with Crippen LogP contribution in [0.2, 0.25) is 0 Å². The van der Waals surface area contributed by atoms with Crippen molar-refractivity contribution in [2.24, 2.45) is 17.7 Å². The summed E-state index contributed by atoms with van der Waals surface area (Å²) in [5, 5.41) is 0. The summed E-state index contributed by atoms with van der Waals surface area (Å²) in [6.45, 7) is 6.89. The van der Waals surface area contributed by atoms with Gasteiger partial charge in [-0.3, -0.25) is 0 Å². The van der Waals surface area contributed by atoms with Crippen molar-refractivity contribution in [1.82, 2.24) is 0 Å². The summed E-state index contributed by atoms with van der Waals surface area (Å²) in [4.78, 5) is 0. The average molecular weight is 339 g/mol. The molecule has 0 amide bonds. The van der Waals surface area contributed by atoms with Crippen LogP contribution in [0.3, 0.4) is 0 Å². The van der Waals surface area contributed by atoms with Gasteiger partial charge in [0.25, 0.3) is 0 Å². The molecule has 144 valence electrons. The molecule has 1 aliphatic carbocycles. The van der Waals surface area contributed by atoms with Crippen molar-refractivity contribution in [3.8, 4) is 0 Å². The normalized spacial score (nSPS) is 28.8. The molecule has 1 fully saturated rings. The third kappa shape index (κ3) is 11.5. The molecule has 24 heavy (non-hydrogen) atoms. The lowest BCUT2D eigenvalue weighted by Crippen LogP contribution is -2.19. The molecular weight excluding hydrogens is 288 g/mol. The van der Waals surface area contributed by atoms with Crippen LogP contribution in [-0.2, 0) is 0 Å². The molecule has 3 atom stereocenters. The van der Waals surface area contributed by atoms with Gasteiger partial charge in [-0.25, -0.2) is 0 Å². The topological polar surface area (TPSA) is 0 Å². The van der Waals surface area contributed by atoms with Gasteiger partial charge in [0.15, 0.2) is 0 Å².